The number of carbonyl (C=O) groups excluding carboxylic acids is 1. The van der Waals surface area contributed by atoms with Crippen LogP contribution in [-0.4, -0.2) is 38.3 Å². The second-order valence-corrected chi connectivity index (χ2v) is 6.09. The molecule has 120 valence electrons. The van der Waals surface area contributed by atoms with E-state index in [9.17, 15) is 9.18 Å². The Morgan fingerprint density at radius 1 is 1.18 bits per heavy atom. The Labute approximate surface area is 130 Å². The van der Waals surface area contributed by atoms with E-state index < -0.39 is 0 Å². The van der Waals surface area contributed by atoms with E-state index in [4.69, 9.17) is 4.74 Å². The van der Waals surface area contributed by atoms with Crippen molar-refractivity contribution in [1.82, 2.24) is 10.6 Å². The molecule has 2 N–H and O–H groups in total. The lowest BCUT2D eigenvalue weighted by molar-refractivity contribution is 0.0694. The van der Waals surface area contributed by atoms with Gasteiger partial charge in [-0.25, -0.2) is 4.39 Å². The maximum absolute atomic E-state index is 14.8. The van der Waals surface area contributed by atoms with Gasteiger partial charge in [0, 0.05) is 19.3 Å². The zero-order valence-electron chi connectivity index (χ0n) is 12.7. The first-order valence-electron chi connectivity index (χ1n) is 8.13. The highest BCUT2D eigenvalue weighted by Gasteiger charge is 2.24. The van der Waals surface area contributed by atoms with Gasteiger partial charge in [0.1, 0.15) is 5.82 Å². The number of halogens is 1. The molecular weight excluding hydrogens is 283 g/mol. The number of nitrogens with one attached hydrogen (secondary N) is 2. The van der Waals surface area contributed by atoms with Gasteiger partial charge < -0.3 is 15.4 Å². The first-order valence-corrected chi connectivity index (χ1v) is 8.13. The third kappa shape index (κ3) is 3.47. The van der Waals surface area contributed by atoms with Gasteiger partial charge in [0.25, 0.3) is 5.91 Å². The number of piperidine rings is 1. The van der Waals surface area contributed by atoms with Crippen molar-refractivity contribution in [3.05, 3.63) is 35.1 Å². The van der Waals surface area contributed by atoms with E-state index in [0.717, 1.165) is 38.8 Å². The summed E-state index contributed by atoms with van der Waals surface area (Å²) in [5.41, 5.74) is 0.851. The number of amides is 1. The van der Waals surface area contributed by atoms with Crippen LogP contribution in [0.5, 0.6) is 0 Å². The van der Waals surface area contributed by atoms with Crippen LogP contribution in [0.15, 0.2) is 18.2 Å². The average Bonchev–Trinajstić information content (AvgIpc) is 2.56. The predicted molar refractivity (Wildman–Crippen MR) is 82.6 cm³/mol. The monoisotopic (exact) mass is 306 g/mol. The van der Waals surface area contributed by atoms with Crippen LogP contribution in [0.25, 0.3) is 0 Å². The molecule has 0 saturated carbocycles. The molecule has 2 heterocycles. The van der Waals surface area contributed by atoms with Crippen LogP contribution in [0.3, 0.4) is 0 Å². The van der Waals surface area contributed by atoms with E-state index in [-0.39, 0.29) is 29.2 Å². The van der Waals surface area contributed by atoms with Crippen molar-refractivity contribution < 1.29 is 13.9 Å². The molecule has 0 bridgehead atoms. The lowest BCUT2D eigenvalue weighted by Crippen LogP contribution is -2.39. The normalized spacial score (nSPS) is 20.8. The van der Waals surface area contributed by atoms with Crippen LogP contribution in [-0.2, 0) is 4.74 Å². The lowest BCUT2D eigenvalue weighted by atomic mass is 9.88. The maximum Gasteiger partial charge on any atom is 0.254 e. The van der Waals surface area contributed by atoms with Gasteiger partial charge in [-0.3, -0.25) is 4.79 Å². The minimum atomic E-state index is -0.348. The summed E-state index contributed by atoms with van der Waals surface area (Å²) < 4.78 is 20.0. The van der Waals surface area contributed by atoms with Gasteiger partial charge in [-0.05, 0) is 56.3 Å². The number of ether oxygens (including phenoxy) is 1. The van der Waals surface area contributed by atoms with E-state index >= 15 is 0 Å². The highest BCUT2D eigenvalue weighted by Crippen LogP contribution is 2.28. The SMILES string of the molecule is O=C(NC1CCOCC1)c1cccc(C2CCNCC2)c1F. The fourth-order valence-corrected chi connectivity index (χ4v) is 3.28. The molecule has 3 rings (SSSR count). The molecule has 0 aliphatic carbocycles. The van der Waals surface area contributed by atoms with E-state index in [2.05, 4.69) is 10.6 Å². The molecule has 22 heavy (non-hydrogen) atoms. The summed E-state index contributed by atoms with van der Waals surface area (Å²) in [5, 5.41) is 6.22. The van der Waals surface area contributed by atoms with E-state index in [0.29, 0.717) is 18.8 Å². The Kier molecular flexibility index (Phi) is 5.05. The molecule has 2 saturated heterocycles. The molecule has 2 fully saturated rings. The van der Waals surface area contributed by atoms with Crippen molar-refractivity contribution in [2.24, 2.45) is 0 Å². The van der Waals surface area contributed by atoms with Crippen molar-refractivity contribution in [3.63, 3.8) is 0 Å². The van der Waals surface area contributed by atoms with E-state index in [1.54, 1.807) is 12.1 Å². The molecule has 1 aromatic rings. The molecule has 2 aliphatic heterocycles. The van der Waals surface area contributed by atoms with Crippen molar-refractivity contribution in [3.8, 4) is 0 Å². The number of carbonyl (C=O) groups is 1. The molecule has 0 unspecified atom stereocenters. The topological polar surface area (TPSA) is 50.4 Å². The number of hydrogen-bond acceptors (Lipinski definition) is 3. The van der Waals surface area contributed by atoms with Crippen molar-refractivity contribution in [2.45, 2.75) is 37.6 Å². The Morgan fingerprint density at radius 2 is 1.91 bits per heavy atom. The first-order chi connectivity index (χ1) is 10.8. The quantitative estimate of drug-likeness (QED) is 0.900. The summed E-state index contributed by atoms with van der Waals surface area (Å²) in [7, 11) is 0. The average molecular weight is 306 g/mol. The van der Waals surface area contributed by atoms with Gasteiger partial charge in [0.15, 0.2) is 0 Å². The van der Waals surface area contributed by atoms with Crippen LogP contribution in [0.2, 0.25) is 0 Å². The molecule has 4 nitrogen and oxygen atoms in total. The predicted octanol–water partition coefficient (Wildman–Crippen LogP) is 2.20. The fraction of sp³-hybridized carbons (Fsp3) is 0.588. The van der Waals surface area contributed by atoms with Crippen LogP contribution < -0.4 is 10.6 Å². The summed E-state index contributed by atoms with van der Waals surface area (Å²) in [6.45, 7) is 3.12. The summed E-state index contributed by atoms with van der Waals surface area (Å²) >= 11 is 0. The number of benzene rings is 1. The van der Waals surface area contributed by atoms with Crippen LogP contribution in [0, 0.1) is 5.82 Å². The van der Waals surface area contributed by atoms with Gasteiger partial charge in [-0.2, -0.15) is 0 Å². The molecular formula is C17H23FN2O2. The van der Waals surface area contributed by atoms with E-state index in [1.165, 1.54) is 0 Å². The lowest BCUT2D eigenvalue weighted by Gasteiger charge is -2.25. The van der Waals surface area contributed by atoms with Crippen molar-refractivity contribution in [2.75, 3.05) is 26.3 Å². The van der Waals surface area contributed by atoms with Gasteiger partial charge >= 0.3 is 0 Å². The second-order valence-electron chi connectivity index (χ2n) is 6.09. The zero-order valence-corrected chi connectivity index (χ0v) is 12.7. The van der Waals surface area contributed by atoms with Crippen LogP contribution in [0.1, 0.15) is 47.5 Å². The third-order valence-corrected chi connectivity index (χ3v) is 4.61. The number of hydrogen-bond donors (Lipinski definition) is 2. The largest absolute Gasteiger partial charge is 0.381 e. The maximum atomic E-state index is 14.8. The fourth-order valence-electron chi connectivity index (χ4n) is 3.28. The zero-order chi connectivity index (χ0) is 15.4. The molecule has 1 aromatic carbocycles. The highest BCUT2D eigenvalue weighted by atomic mass is 19.1. The van der Waals surface area contributed by atoms with Gasteiger partial charge in [0.05, 0.1) is 5.56 Å². The molecule has 1 amide bonds. The Morgan fingerprint density at radius 3 is 2.64 bits per heavy atom. The first kappa shape index (κ1) is 15.4. The Balaban J connectivity index is 1.73. The highest BCUT2D eigenvalue weighted by molar-refractivity contribution is 5.94. The minimum absolute atomic E-state index is 0.0863. The van der Waals surface area contributed by atoms with Gasteiger partial charge in [-0.15, -0.1) is 0 Å². The molecule has 0 radical (unpaired) electrons. The summed E-state index contributed by atoms with van der Waals surface area (Å²) in [4.78, 5) is 12.4. The molecule has 5 heteroatoms. The summed E-state index contributed by atoms with van der Waals surface area (Å²) in [6, 6.07) is 5.27. The molecule has 0 spiro atoms. The van der Waals surface area contributed by atoms with Crippen LogP contribution >= 0.6 is 0 Å². The molecule has 0 aromatic heterocycles. The molecule has 0 atom stereocenters. The standard InChI is InChI=1S/C17H23FN2O2/c18-16-14(12-4-8-19-9-5-12)2-1-3-15(16)17(21)20-13-6-10-22-11-7-13/h1-3,12-13,19H,4-11H2,(H,20,21). The molecule has 2 aliphatic rings. The Hall–Kier alpha value is -1.46. The van der Waals surface area contributed by atoms with Crippen molar-refractivity contribution in [1.29, 1.82) is 0 Å². The third-order valence-electron chi connectivity index (χ3n) is 4.61. The van der Waals surface area contributed by atoms with E-state index in [1.807, 2.05) is 6.07 Å². The summed E-state index contributed by atoms with van der Waals surface area (Å²) in [6.07, 6.45) is 3.42. The summed E-state index contributed by atoms with van der Waals surface area (Å²) in [5.74, 6) is -0.448. The Bertz CT molecular complexity index is 523. The second kappa shape index (κ2) is 7.20. The van der Waals surface area contributed by atoms with Gasteiger partial charge in [-0.1, -0.05) is 12.1 Å². The minimum Gasteiger partial charge on any atom is -0.381 e. The number of rotatable bonds is 3. The van der Waals surface area contributed by atoms with Crippen LogP contribution in [0.4, 0.5) is 4.39 Å². The van der Waals surface area contributed by atoms with Crippen molar-refractivity contribution >= 4 is 5.91 Å². The van der Waals surface area contributed by atoms with Gasteiger partial charge in [0.2, 0.25) is 0 Å². The smallest absolute Gasteiger partial charge is 0.254 e.